The Hall–Kier alpha value is -0.760. The number of hydrogen-bond donors (Lipinski definition) is 2. The molecule has 0 fully saturated rings. The smallest absolute Gasteiger partial charge is 0.105 e. The largest absolute Gasteiger partial charge is 0.387 e. The molecule has 0 spiro atoms. The Morgan fingerprint density at radius 1 is 1.00 bits per heavy atom. The van der Waals surface area contributed by atoms with Crippen LogP contribution in [0.5, 0.6) is 0 Å². The number of rotatable bonds is 6. The monoisotopic (exact) mass is 193 g/mol. The maximum atomic E-state index is 3.38. The van der Waals surface area contributed by atoms with Crippen LogP contribution in [-0.2, 0) is 0 Å². The average Bonchev–Trinajstić information content (AvgIpc) is 2.50. The number of hydrogen-bond acceptors (Lipinski definition) is 2. The zero-order chi connectivity index (χ0) is 10.4. The fourth-order valence-electron chi connectivity index (χ4n) is 1.67. The Kier molecular flexibility index (Phi) is 4.74. The lowest BCUT2D eigenvalue weighted by Gasteiger charge is -2.13. The van der Waals surface area contributed by atoms with Crippen LogP contribution >= 0.6 is 0 Å². The number of nitrogens with one attached hydrogen (secondary N) is 2. The first-order valence-electron chi connectivity index (χ1n) is 5.59. The molecule has 1 radical (unpaired) electrons. The molecule has 0 atom stereocenters. The van der Waals surface area contributed by atoms with Crippen molar-refractivity contribution < 1.29 is 0 Å². The van der Waals surface area contributed by atoms with E-state index in [0.717, 1.165) is 13.1 Å². The lowest BCUT2D eigenvalue weighted by atomic mass is 10.2. The lowest BCUT2D eigenvalue weighted by molar-refractivity contribution is 0.739. The van der Waals surface area contributed by atoms with Gasteiger partial charge in [0.2, 0.25) is 0 Å². The van der Waals surface area contributed by atoms with Crippen molar-refractivity contribution in [2.75, 3.05) is 13.1 Å². The van der Waals surface area contributed by atoms with Crippen LogP contribution in [0.4, 0.5) is 0 Å². The quantitative estimate of drug-likeness (QED) is 0.676. The summed E-state index contributed by atoms with van der Waals surface area (Å²) in [5, 5.41) is 6.75. The van der Waals surface area contributed by atoms with Crippen LogP contribution in [0.2, 0.25) is 0 Å². The molecule has 0 aromatic carbocycles. The molecule has 0 aromatic heterocycles. The summed E-state index contributed by atoms with van der Waals surface area (Å²) in [6, 6.07) is 1.25. The van der Waals surface area contributed by atoms with Gasteiger partial charge in [0.15, 0.2) is 0 Å². The van der Waals surface area contributed by atoms with Gasteiger partial charge in [-0.25, -0.2) is 0 Å². The minimum atomic E-state index is 0.980. The van der Waals surface area contributed by atoms with Crippen molar-refractivity contribution >= 4 is 0 Å². The molecule has 2 nitrogen and oxygen atoms in total. The van der Waals surface area contributed by atoms with E-state index in [-0.39, 0.29) is 0 Å². The summed E-state index contributed by atoms with van der Waals surface area (Å²) in [4.78, 5) is 0. The molecular weight excluding hydrogens is 172 g/mol. The van der Waals surface area contributed by atoms with Crippen molar-refractivity contribution in [2.24, 2.45) is 0 Å². The minimum absolute atomic E-state index is 0.980. The first kappa shape index (κ1) is 11.3. The van der Waals surface area contributed by atoms with E-state index in [1.807, 2.05) is 0 Å². The third-order valence-electron chi connectivity index (χ3n) is 2.22. The Morgan fingerprint density at radius 2 is 1.71 bits per heavy atom. The molecule has 1 aliphatic rings. The van der Waals surface area contributed by atoms with Crippen molar-refractivity contribution in [1.29, 1.82) is 0 Å². The normalized spacial score (nSPS) is 16.8. The fourth-order valence-corrected chi connectivity index (χ4v) is 1.67. The van der Waals surface area contributed by atoms with Gasteiger partial charge in [-0.15, -0.1) is 0 Å². The molecule has 0 bridgehead atoms. The zero-order valence-electron chi connectivity index (χ0n) is 9.48. The molecule has 2 N–H and O–H groups in total. The molecule has 0 aromatic rings. The van der Waals surface area contributed by atoms with Gasteiger partial charge in [-0.3, -0.25) is 0 Å². The van der Waals surface area contributed by atoms with Crippen molar-refractivity contribution in [3.63, 3.8) is 0 Å². The van der Waals surface area contributed by atoms with E-state index in [1.54, 1.807) is 0 Å². The molecule has 0 saturated carbocycles. The molecule has 0 aliphatic heterocycles. The van der Waals surface area contributed by atoms with Gasteiger partial charge in [0.05, 0.1) is 0 Å². The van der Waals surface area contributed by atoms with Crippen LogP contribution in [-0.4, -0.2) is 13.1 Å². The van der Waals surface area contributed by atoms with Crippen LogP contribution in [0.1, 0.15) is 33.6 Å². The van der Waals surface area contributed by atoms with Crippen LogP contribution in [0.3, 0.4) is 0 Å². The third-order valence-corrected chi connectivity index (χ3v) is 2.22. The Bertz CT molecular complexity index is 228. The Balaban J connectivity index is 2.59. The highest BCUT2D eigenvalue weighted by Crippen LogP contribution is 2.24. The van der Waals surface area contributed by atoms with Crippen LogP contribution in [0, 0.1) is 6.04 Å². The number of likely N-dealkylation sites (N-methyl/N-ethyl adjacent to an activating group) is 2. The average molecular weight is 193 g/mol. The van der Waals surface area contributed by atoms with Gasteiger partial charge >= 0.3 is 0 Å². The summed E-state index contributed by atoms with van der Waals surface area (Å²) in [7, 11) is 0. The molecule has 2 heteroatoms. The van der Waals surface area contributed by atoms with E-state index in [0.29, 0.717) is 0 Å². The van der Waals surface area contributed by atoms with Crippen LogP contribution < -0.4 is 10.6 Å². The molecule has 1 rings (SSSR count). The van der Waals surface area contributed by atoms with Gasteiger partial charge in [0.25, 0.3) is 0 Å². The third kappa shape index (κ3) is 2.88. The molecular formula is C12H21N2. The van der Waals surface area contributed by atoms with E-state index in [1.165, 1.54) is 30.2 Å². The van der Waals surface area contributed by atoms with Crippen molar-refractivity contribution in [1.82, 2.24) is 10.6 Å². The standard InChI is InChI=1S/C12H21N2/c1-4-7-10-8-11(13-5-2)12(9-10)14-6-3/h8-9,13-14H,4-7H2,1-3H3. The van der Waals surface area contributed by atoms with Gasteiger partial charge in [0, 0.05) is 12.2 Å². The molecule has 0 saturated heterocycles. The molecule has 79 valence electrons. The van der Waals surface area contributed by atoms with Crippen molar-refractivity contribution in [3.8, 4) is 0 Å². The van der Waals surface area contributed by atoms with E-state index in [9.17, 15) is 0 Å². The van der Waals surface area contributed by atoms with Gasteiger partial charge in [-0.05, 0) is 31.5 Å². The van der Waals surface area contributed by atoms with Crippen molar-refractivity contribution in [2.45, 2.75) is 33.6 Å². The number of allylic oxidation sites excluding steroid dienone is 2. The summed E-state index contributed by atoms with van der Waals surface area (Å²) in [5.74, 6) is 0. The second kappa shape index (κ2) is 5.86. The summed E-state index contributed by atoms with van der Waals surface area (Å²) in [5.41, 5.74) is 2.68. The molecule has 0 heterocycles. The molecule has 14 heavy (non-hydrogen) atoms. The highest BCUT2D eigenvalue weighted by Gasteiger charge is 2.17. The lowest BCUT2D eigenvalue weighted by Crippen LogP contribution is -2.26. The Morgan fingerprint density at radius 3 is 2.29 bits per heavy atom. The topological polar surface area (TPSA) is 24.1 Å². The predicted molar refractivity (Wildman–Crippen MR) is 61.7 cm³/mol. The van der Waals surface area contributed by atoms with E-state index < -0.39 is 0 Å². The highest BCUT2D eigenvalue weighted by molar-refractivity contribution is 5.46. The molecule has 1 aliphatic carbocycles. The van der Waals surface area contributed by atoms with Crippen LogP contribution in [0.15, 0.2) is 23.4 Å². The zero-order valence-corrected chi connectivity index (χ0v) is 9.48. The maximum absolute atomic E-state index is 3.38. The molecule has 0 unspecified atom stereocenters. The highest BCUT2D eigenvalue weighted by atomic mass is 15.0. The summed E-state index contributed by atoms with van der Waals surface area (Å²) in [6.07, 6.45) is 6.89. The van der Waals surface area contributed by atoms with E-state index >= 15 is 0 Å². The SMILES string of the molecule is CCCC1=C[C](NCC)C(NCC)=C1. The van der Waals surface area contributed by atoms with Gasteiger partial charge in [-0.1, -0.05) is 26.3 Å². The predicted octanol–water partition coefficient (Wildman–Crippen LogP) is 2.36. The minimum Gasteiger partial charge on any atom is -0.387 e. The first-order valence-corrected chi connectivity index (χ1v) is 5.59. The summed E-state index contributed by atoms with van der Waals surface area (Å²) >= 11 is 0. The fraction of sp³-hybridized carbons (Fsp3) is 0.583. The Labute approximate surface area is 87.5 Å². The van der Waals surface area contributed by atoms with E-state index in [2.05, 4.69) is 43.6 Å². The second-order valence-electron chi connectivity index (χ2n) is 3.50. The summed E-state index contributed by atoms with van der Waals surface area (Å²) in [6.45, 7) is 8.43. The van der Waals surface area contributed by atoms with Gasteiger partial charge < -0.3 is 10.6 Å². The van der Waals surface area contributed by atoms with E-state index in [4.69, 9.17) is 0 Å². The summed E-state index contributed by atoms with van der Waals surface area (Å²) < 4.78 is 0. The van der Waals surface area contributed by atoms with Gasteiger partial charge in [0.1, 0.15) is 6.04 Å². The van der Waals surface area contributed by atoms with Crippen LogP contribution in [0.25, 0.3) is 0 Å². The first-order chi connectivity index (χ1) is 6.81. The second-order valence-corrected chi connectivity index (χ2v) is 3.50. The van der Waals surface area contributed by atoms with Crippen molar-refractivity contribution in [3.05, 3.63) is 29.5 Å². The van der Waals surface area contributed by atoms with Gasteiger partial charge in [-0.2, -0.15) is 0 Å². The molecule has 0 amide bonds. The maximum Gasteiger partial charge on any atom is 0.105 e.